The number of methoxy groups -OCH3 is 1. The van der Waals surface area contributed by atoms with E-state index in [-0.39, 0.29) is 5.91 Å². The van der Waals surface area contributed by atoms with E-state index in [1.165, 1.54) is 6.33 Å². The van der Waals surface area contributed by atoms with E-state index in [0.29, 0.717) is 18.9 Å². The minimum absolute atomic E-state index is 0.104. The van der Waals surface area contributed by atoms with Crippen molar-refractivity contribution in [2.75, 3.05) is 51.8 Å². The van der Waals surface area contributed by atoms with Crippen molar-refractivity contribution in [1.29, 1.82) is 0 Å². The predicted octanol–water partition coefficient (Wildman–Crippen LogP) is 1.22. The van der Waals surface area contributed by atoms with Crippen LogP contribution in [0.15, 0.2) is 36.7 Å². The van der Waals surface area contributed by atoms with Crippen LogP contribution >= 0.6 is 0 Å². The normalized spacial score (nSPS) is 14.8. The number of nitrogens with zero attached hydrogens (tertiary/aromatic N) is 7. The highest BCUT2D eigenvalue weighted by molar-refractivity contribution is 5.78. The summed E-state index contributed by atoms with van der Waals surface area (Å²) in [5.74, 6) is 2.51. The monoisotopic (exact) mass is 409 g/mol. The lowest BCUT2D eigenvalue weighted by atomic mass is 10.2. The minimum Gasteiger partial charge on any atom is -0.496 e. The Morgan fingerprint density at radius 1 is 1.20 bits per heavy atom. The van der Waals surface area contributed by atoms with Crippen molar-refractivity contribution < 1.29 is 9.53 Å². The number of rotatable bonds is 6. The highest BCUT2D eigenvalue weighted by atomic mass is 16.5. The Hall–Kier alpha value is -3.20. The molecule has 9 heteroatoms. The second-order valence-corrected chi connectivity index (χ2v) is 7.55. The molecule has 0 bridgehead atoms. The molecule has 0 radical (unpaired) electrons. The first-order valence-electron chi connectivity index (χ1n) is 10.1. The summed E-state index contributed by atoms with van der Waals surface area (Å²) >= 11 is 0. The fourth-order valence-corrected chi connectivity index (χ4v) is 3.76. The lowest BCUT2D eigenvalue weighted by Gasteiger charge is -2.36. The summed E-state index contributed by atoms with van der Waals surface area (Å²) in [5.41, 5.74) is 1.92. The number of hydrogen-bond donors (Lipinski definition) is 0. The number of ether oxygens (including phenoxy) is 1. The number of piperazine rings is 1. The Kier molecular flexibility index (Phi) is 5.80. The lowest BCUT2D eigenvalue weighted by molar-refractivity contribution is -0.131. The highest BCUT2D eigenvalue weighted by Gasteiger charge is 2.23. The fourth-order valence-electron chi connectivity index (χ4n) is 3.76. The minimum atomic E-state index is 0.104. The molecule has 0 unspecified atom stereocenters. The summed E-state index contributed by atoms with van der Waals surface area (Å²) in [6.45, 7) is 6.17. The van der Waals surface area contributed by atoms with Gasteiger partial charge in [0.05, 0.1) is 13.7 Å². The number of carbonyl (C=O) groups is 1. The maximum Gasteiger partial charge on any atom is 0.254 e. The zero-order valence-corrected chi connectivity index (χ0v) is 17.7. The maximum atomic E-state index is 12.8. The first-order valence-corrected chi connectivity index (χ1v) is 10.1. The van der Waals surface area contributed by atoms with Crippen LogP contribution in [0.25, 0.3) is 5.78 Å². The molecule has 3 heterocycles. The smallest absolute Gasteiger partial charge is 0.254 e. The van der Waals surface area contributed by atoms with Gasteiger partial charge in [-0.15, -0.1) is 0 Å². The molecule has 30 heavy (non-hydrogen) atoms. The summed E-state index contributed by atoms with van der Waals surface area (Å²) in [4.78, 5) is 27.6. The second kappa shape index (κ2) is 8.66. The van der Waals surface area contributed by atoms with Gasteiger partial charge in [-0.05, 0) is 13.0 Å². The van der Waals surface area contributed by atoms with E-state index in [1.54, 1.807) is 16.5 Å². The van der Waals surface area contributed by atoms with Crippen LogP contribution in [0.2, 0.25) is 0 Å². The standard InChI is InChI=1S/C21H27N7O2/c1-16-12-19(28-21(24-16)22-15-23-28)27-10-8-26(9-11-27)14-20(29)25(2)13-17-6-4-5-7-18(17)30-3/h4-7,12,15H,8-11,13-14H2,1-3H3. The molecule has 1 aliphatic heterocycles. The molecule has 1 aliphatic rings. The number of hydrogen-bond acceptors (Lipinski definition) is 7. The number of aryl methyl sites for hydroxylation is 1. The first-order chi connectivity index (χ1) is 14.5. The Morgan fingerprint density at radius 3 is 2.73 bits per heavy atom. The molecular formula is C21H27N7O2. The van der Waals surface area contributed by atoms with Crippen LogP contribution in [0.1, 0.15) is 11.3 Å². The molecule has 1 amide bonds. The van der Waals surface area contributed by atoms with Gasteiger partial charge in [0.25, 0.3) is 5.78 Å². The number of amides is 1. The number of fused-ring (bicyclic) bond motifs is 1. The van der Waals surface area contributed by atoms with E-state index in [4.69, 9.17) is 4.74 Å². The molecule has 1 aromatic carbocycles. The summed E-state index contributed by atoms with van der Waals surface area (Å²) in [6, 6.07) is 9.83. The molecule has 0 aliphatic carbocycles. The van der Waals surface area contributed by atoms with E-state index >= 15 is 0 Å². The molecule has 1 fully saturated rings. The maximum absolute atomic E-state index is 12.8. The van der Waals surface area contributed by atoms with E-state index in [0.717, 1.165) is 49.0 Å². The third-order valence-electron chi connectivity index (χ3n) is 5.44. The van der Waals surface area contributed by atoms with Gasteiger partial charge in [-0.3, -0.25) is 9.69 Å². The summed E-state index contributed by atoms with van der Waals surface area (Å²) < 4.78 is 7.17. The van der Waals surface area contributed by atoms with E-state index < -0.39 is 0 Å². The van der Waals surface area contributed by atoms with Gasteiger partial charge in [0.15, 0.2) is 0 Å². The number of likely N-dealkylation sites (N-methyl/N-ethyl adjacent to an activating group) is 1. The Morgan fingerprint density at radius 2 is 1.97 bits per heavy atom. The number of para-hydroxylation sites is 1. The van der Waals surface area contributed by atoms with Gasteiger partial charge < -0.3 is 14.5 Å². The third kappa shape index (κ3) is 4.20. The molecule has 1 saturated heterocycles. The molecule has 0 saturated carbocycles. The van der Waals surface area contributed by atoms with Crippen LogP contribution in [-0.4, -0.2) is 82.2 Å². The summed E-state index contributed by atoms with van der Waals surface area (Å²) in [5, 5.41) is 4.30. The van der Waals surface area contributed by atoms with Crippen molar-refractivity contribution >= 4 is 17.5 Å². The van der Waals surface area contributed by atoms with Crippen molar-refractivity contribution in [3.63, 3.8) is 0 Å². The number of anilines is 1. The molecule has 2 aromatic heterocycles. The Balaban J connectivity index is 1.34. The largest absolute Gasteiger partial charge is 0.496 e. The van der Waals surface area contributed by atoms with Gasteiger partial charge >= 0.3 is 0 Å². The number of benzene rings is 1. The third-order valence-corrected chi connectivity index (χ3v) is 5.44. The van der Waals surface area contributed by atoms with Gasteiger partial charge in [0.1, 0.15) is 17.9 Å². The quantitative estimate of drug-likeness (QED) is 0.606. The van der Waals surface area contributed by atoms with E-state index in [1.807, 2.05) is 44.3 Å². The lowest BCUT2D eigenvalue weighted by Crippen LogP contribution is -2.50. The molecule has 9 nitrogen and oxygen atoms in total. The summed E-state index contributed by atoms with van der Waals surface area (Å²) in [7, 11) is 3.49. The van der Waals surface area contributed by atoms with Crippen molar-refractivity contribution in [3.8, 4) is 5.75 Å². The number of carbonyl (C=O) groups excluding carboxylic acids is 1. The Bertz CT molecular complexity index is 1030. The SMILES string of the molecule is COc1ccccc1CN(C)C(=O)CN1CCN(c2cc(C)nc3ncnn23)CC1. The fraction of sp³-hybridized carbons (Fsp3) is 0.429. The average Bonchev–Trinajstić information content (AvgIpc) is 3.22. The zero-order chi connectivity index (χ0) is 21.1. The van der Waals surface area contributed by atoms with Crippen LogP contribution < -0.4 is 9.64 Å². The van der Waals surface area contributed by atoms with Crippen molar-refractivity contribution in [2.45, 2.75) is 13.5 Å². The van der Waals surface area contributed by atoms with Crippen molar-refractivity contribution in [3.05, 3.63) is 47.9 Å². The van der Waals surface area contributed by atoms with Gasteiger partial charge in [-0.2, -0.15) is 14.6 Å². The van der Waals surface area contributed by atoms with Crippen LogP contribution in [-0.2, 0) is 11.3 Å². The molecule has 0 N–H and O–H groups in total. The van der Waals surface area contributed by atoms with Crippen molar-refractivity contribution in [2.24, 2.45) is 0 Å². The molecular weight excluding hydrogens is 382 g/mol. The van der Waals surface area contributed by atoms with E-state index in [9.17, 15) is 4.79 Å². The Labute approximate surface area is 175 Å². The van der Waals surface area contributed by atoms with Gasteiger partial charge in [-0.25, -0.2) is 4.98 Å². The van der Waals surface area contributed by atoms with Crippen LogP contribution in [0.3, 0.4) is 0 Å². The van der Waals surface area contributed by atoms with Crippen LogP contribution in [0.4, 0.5) is 5.82 Å². The van der Waals surface area contributed by atoms with Gasteiger partial charge in [0, 0.05) is 57.1 Å². The number of aromatic nitrogens is 4. The topological polar surface area (TPSA) is 79.1 Å². The molecule has 4 rings (SSSR count). The first kappa shape index (κ1) is 20.1. The van der Waals surface area contributed by atoms with Crippen LogP contribution in [0.5, 0.6) is 5.75 Å². The molecule has 0 spiro atoms. The predicted molar refractivity (Wildman–Crippen MR) is 114 cm³/mol. The van der Waals surface area contributed by atoms with Gasteiger partial charge in [-0.1, -0.05) is 18.2 Å². The second-order valence-electron chi connectivity index (χ2n) is 7.55. The molecule has 0 atom stereocenters. The summed E-state index contributed by atoms with van der Waals surface area (Å²) in [6.07, 6.45) is 1.53. The van der Waals surface area contributed by atoms with Crippen molar-refractivity contribution in [1.82, 2.24) is 29.4 Å². The highest BCUT2D eigenvalue weighted by Crippen LogP contribution is 2.20. The van der Waals surface area contributed by atoms with E-state index in [2.05, 4.69) is 24.9 Å². The molecule has 158 valence electrons. The molecule has 3 aromatic rings. The average molecular weight is 409 g/mol. The van der Waals surface area contributed by atoms with Gasteiger partial charge in [0.2, 0.25) is 5.91 Å². The van der Waals surface area contributed by atoms with Crippen LogP contribution in [0, 0.1) is 6.92 Å². The zero-order valence-electron chi connectivity index (χ0n) is 17.7.